The van der Waals surface area contributed by atoms with Crippen LogP contribution in [0, 0.1) is 0 Å². The van der Waals surface area contributed by atoms with Crippen molar-refractivity contribution in [1.29, 1.82) is 0 Å². The molecule has 0 saturated carbocycles. The molecule has 57 heavy (non-hydrogen) atoms. The number of aromatic nitrogens is 1. The molecule has 1 unspecified atom stereocenters. The minimum Gasteiger partial charge on any atom is -0.344 e. The Morgan fingerprint density at radius 1 is 0.474 bits per heavy atom. The third kappa shape index (κ3) is 5.11. The highest BCUT2D eigenvalue weighted by molar-refractivity contribution is 7.27. The number of nitrogens with one attached hydrogen (secondary N) is 1. The minimum absolute atomic E-state index is 0.256. The highest BCUT2D eigenvalue weighted by atomic mass is 32.1. The van der Waals surface area contributed by atoms with Crippen molar-refractivity contribution in [2.45, 2.75) is 6.17 Å². The maximum Gasteiger partial charge on any atom is 0.159 e. The molecule has 4 heterocycles. The molecule has 1 aliphatic heterocycles. The van der Waals surface area contributed by atoms with Gasteiger partial charge in [0.1, 0.15) is 12.0 Å². The van der Waals surface area contributed by atoms with E-state index in [1.165, 1.54) is 79.0 Å². The fourth-order valence-corrected chi connectivity index (χ4v) is 11.1. The molecular weight excluding hydrogens is 733 g/mol. The molecule has 6 heteroatoms. The molecule has 0 bridgehead atoms. The van der Waals surface area contributed by atoms with E-state index >= 15 is 0 Å². The maximum atomic E-state index is 5.18. The van der Waals surface area contributed by atoms with Gasteiger partial charge in [0.05, 0.1) is 16.7 Å². The van der Waals surface area contributed by atoms with Crippen LogP contribution in [0.1, 0.15) is 22.9 Å². The Morgan fingerprint density at radius 2 is 1.11 bits per heavy atom. The van der Waals surface area contributed by atoms with Crippen molar-refractivity contribution < 1.29 is 0 Å². The Morgan fingerprint density at radius 3 is 1.86 bits per heavy atom. The molecule has 1 atom stereocenters. The number of hydrogen-bond donors (Lipinski definition) is 1. The SMILES string of the molecule is c1ccc(C2=NC(c3ccccc3)NC(c3cccc4c3sc3c(-c5ccc6sc7cccc(-n8c9ccccc9c9ccccc98)c7c6c5)cccc34)=N2)cc1. The van der Waals surface area contributed by atoms with Crippen LogP contribution in [0.4, 0.5) is 0 Å². The summed E-state index contributed by atoms with van der Waals surface area (Å²) in [6, 6.07) is 65.4. The standard InChI is InChI=1S/C51H32N4S2/c1-3-14-31(15-4-1)49-52-50(32-16-5-2-6-17-32)54-51(53-49)39-23-12-22-38-37-21-11-20-34(47(37)57-48(38)39)33-28-29-44-40(30-33)46-43(26-13-27-45(46)56-44)55-41-24-9-7-18-35(41)36-19-8-10-25-42(36)55/h1-30,49H,(H,52,53,54). The lowest BCUT2D eigenvalue weighted by Crippen LogP contribution is -2.33. The molecule has 0 saturated heterocycles. The number of benzene rings is 8. The van der Waals surface area contributed by atoms with Crippen molar-refractivity contribution in [3.05, 3.63) is 199 Å². The smallest absolute Gasteiger partial charge is 0.159 e. The van der Waals surface area contributed by atoms with E-state index in [-0.39, 0.29) is 6.17 Å². The van der Waals surface area contributed by atoms with Crippen molar-refractivity contribution >= 4 is 96.5 Å². The highest BCUT2D eigenvalue weighted by Crippen LogP contribution is 2.45. The first-order valence-corrected chi connectivity index (χ1v) is 20.8. The largest absolute Gasteiger partial charge is 0.344 e. The van der Waals surface area contributed by atoms with Crippen molar-refractivity contribution in [2.75, 3.05) is 0 Å². The third-order valence-electron chi connectivity index (χ3n) is 11.3. The van der Waals surface area contributed by atoms with Crippen LogP contribution < -0.4 is 5.32 Å². The number of fused-ring (bicyclic) bond motifs is 9. The van der Waals surface area contributed by atoms with E-state index in [0.29, 0.717) is 0 Å². The van der Waals surface area contributed by atoms with Crippen LogP contribution in [0.5, 0.6) is 0 Å². The topological polar surface area (TPSA) is 41.7 Å². The molecule has 1 N–H and O–H groups in total. The van der Waals surface area contributed by atoms with E-state index in [4.69, 9.17) is 9.98 Å². The fourth-order valence-electron chi connectivity index (χ4n) is 8.69. The molecule has 268 valence electrons. The van der Waals surface area contributed by atoms with Crippen LogP contribution in [0.15, 0.2) is 192 Å². The normalized spacial score (nSPS) is 14.5. The summed E-state index contributed by atoms with van der Waals surface area (Å²) in [6.45, 7) is 0. The number of nitrogens with zero attached hydrogens (tertiary/aromatic N) is 3. The third-order valence-corrected chi connectivity index (χ3v) is 13.7. The number of hydrogen-bond acceptors (Lipinski definition) is 5. The minimum atomic E-state index is -0.256. The van der Waals surface area contributed by atoms with Gasteiger partial charge in [-0.2, -0.15) is 0 Å². The van der Waals surface area contributed by atoms with Crippen molar-refractivity contribution in [2.24, 2.45) is 9.98 Å². The number of amidine groups is 2. The van der Waals surface area contributed by atoms with Gasteiger partial charge in [-0.25, -0.2) is 9.98 Å². The zero-order valence-corrected chi connectivity index (χ0v) is 32.2. The second-order valence-electron chi connectivity index (χ2n) is 14.5. The summed E-state index contributed by atoms with van der Waals surface area (Å²) in [6.07, 6.45) is -0.256. The quantitative estimate of drug-likeness (QED) is 0.186. The molecule has 0 spiro atoms. The summed E-state index contributed by atoms with van der Waals surface area (Å²) in [5.41, 5.74) is 9.30. The predicted octanol–water partition coefficient (Wildman–Crippen LogP) is 13.7. The van der Waals surface area contributed by atoms with Crippen LogP contribution in [0.25, 0.3) is 79.0 Å². The van der Waals surface area contributed by atoms with Gasteiger partial charge >= 0.3 is 0 Å². The Balaban J connectivity index is 1.03. The summed E-state index contributed by atoms with van der Waals surface area (Å²) in [7, 11) is 0. The first-order chi connectivity index (χ1) is 28.3. The van der Waals surface area contributed by atoms with Gasteiger partial charge in [0, 0.05) is 62.2 Å². The second kappa shape index (κ2) is 12.8. The summed E-state index contributed by atoms with van der Waals surface area (Å²) in [5.74, 6) is 1.56. The maximum absolute atomic E-state index is 5.18. The number of thiophene rings is 2. The lowest BCUT2D eigenvalue weighted by atomic mass is 9.99. The average Bonchev–Trinajstić information content (AvgIpc) is 3.96. The van der Waals surface area contributed by atoms with E-state index in [1.807, 2.05) is 46.9 Å². The highest BCUT2D eigenvalue weighted by Gasteiger charge is 2.24. The second-order valence-corrected chi connectivity index (χ2v) is 16.6. The summed E-state index contributed by atoms with van der Waals surface area (Å²) in [4.78, 5) is 10.3. The fraction of sp³-hybridized carbons (Fsp3) is 0.0196. The molecule has 0 amide bonds. The summed E-state index contributed by atoms with van der Waals surface area (Å²) in [5, 5.41) is 11.3. The van der Waals surface area contributed by atoms with Gasteiger partial charge in [-0.3, -0.25) is 0 Å². The molecule has 0 aliphatic carbocycles. The molecule has 3 aromatic heterocycles. The first kappa shape index (κ1) is 32.4. The molecule has 0 fully saturated rings. The Kier molecular flexibility index (Phi) is 7.30. The molecule has 1 aliphatic rings. The number of para-hydroxylation sites is 2. The van der Waals surface area contributed by atoms with Crippen LogP contribution in [0.2, 0.25) is 0 Å². The Bertz CT molecular complexity index is 3390. The van der Waals surface area contributed by atoms with E-state index in [1.54, 1.807) is 0 Å². The zero-order chi connectivity index (χ0) is 37.5. The monoisotopic (exact) mass is 764 g/mol. The zero-order valence-electron chi connectivity index (χ0n) is 30.6. The van der Waals surface area contributed by atoms with Gasteiger partial charge in [0.15, 0.2) is 5.84 Å². The predicted molar refractivity (Wildman–Crippen MR) is 244 cm³/mol. The molecule has 11 aromatic rings. The van der Waals surface area contributed by atoms with Crippen molar-refractivity contribution in [1.82, 2.24) is 9.88 Å². The summed E-state index contributed by atoms with van der Waals surface area (Å²) < 4.78 is 7.52. The molecule has 4 nitrogen and oxygen atoms in total. The number of rotatable bonds is 5. The van der Waals surface area contributed by atoms with Gasteiger partial charge in [0.25, 0.3) is 0 Å². The van der Waals surface area contributed by atoms with E-state index < -0.39 is 0 Å². The van der Waals surface area contributed by atoms with Gasteiger partial charge in [-0.15, -0.1) is 22.7 Å². The average molecular weight is 765 g/mol. The van der Waals surface area contributed by atoms with E-state index in [0.717, 1.165) is 28.4 Å². The van der Waals surface area contributed by atoms with Gasteiger partial charge in [-0.1, -0.05) is 140 Å². The number of aliphatic imine (C=N–C) groups is 2. The Labute approximate surface area is 336 Å². The first-order valence-electron chi connectivity index (χ1n) is 19.2. The van der Waals surface area contributed by atoms with Crippen LogP contribution in [-0.4, -0.2) is 16.2 Å². The van der Waals surface area contributed by atoms with Gasteiger partial charge in [-0.05, 0) is 59.2 Å². The van der Waals surface area contributed by atoms with E-state index in [9.17, 15) is 0 Å². The van der Waals surface area contributed by atoms with Gasteiger partial charge < -0.3 is 9.88 Å². The van der Waals surface area contributed by atoms with E-state index in [2.05, 4.69) is 168 Å². The van der Waals surface area contributed by atoms with Crippen LogP contribution in [0.3, 0.4) is 0 Å². The van der Waals surface area contributed by atoms with Crippen molar-refractivity contribution in [3.8, 4) is 16.8 Å². The molecule has 12 rings (SSSR count). The lowest BCUT2D eigenvalue weighted by Gasteiger charge is -2.24. The van der Waals surface area contributed by atoms with Gasteiger partial charge in [0.2, 0.25) is 0 Å². The molecule has 8 aromatic carbocycles. The summed E-state index contributed by atoms with van der Waals surface area (Å²) >= 11 is 3.72. The molecular formula is C51H32N4S2. The van der Waals surface area contributed by atoms with Crippen molar-refractivity contribution in [3.63, 3.8) is 0 Å². The molecule has 0 radical (unpaired) electrons. The lowest BCUT2D eigenvalue weighted by molar-refractivity contribution is 0.674. The van der Waals surface area contributed by atoms with Crippen LogP contribution in [-0.2, 0) is 0 Å². The van der Waals surface area contributed by atoms with Crippen LogP contribution >= 0.6 is 22.7 Å². The Hall–Kier alpha value is -6.86.